The first-order chi connectivity index (χ1) is 10.8. The lowest BCUT2D eigenvalue weighted by Gasteiger charge is -2.06. The summed E-state index contributed by atoms with van der Waals surface area (Å²) in [7, 11) is 0. The first kappa shape index (κ1) is 14.1. The number of rotatable bonds is 6. The van der Waals surface area contributed by atoms with E-state index in [1.54, 1.807) is 0 Å². The Kier molecular flexibility index (Phi) is 4.34. The van der Waals surface area contributed by atoms with Crippen LogP contribution in [-0.2, 0) is 13.2 Å². The van der Waals surface area contributed by atoms with Gasteiger partial charge in [0.2, 0.25) is 5.89 Å². The molecule has 5 heteroatoms. The van der Waals surface area contributed by atoms with Crippen molar-refractivity contribution in [3.05, 3.63) is 71.9 Å². The molecule has 3 aromatic rings. The number of hydrogen-bond acceptors (Lipinski definition) is 5. The fourth-order valence-electron chi connectivity index (χ4n) is 2.02. The molecule has 0 unspecified atom stereocenters. The molecule has 1 N–H and O–H groups in total. The number of hydrogen-bond donors (Lipinski definition) is 1. The normalized spacial score (nSPS) is 10.4. The SMILES string of the molecule is Cc1ccccc1NCc1nnc(COc2ccccc2)o1. The summed E-state index contributed by atoms with van der Waals surface area (Å²) < 4.78 is 11.1. The number of anilines is 1. The van der Waals surface area contributed by atoms with Gasteiger partial charge < -0.3 is 14.5 Å². The molecule has 0 aliphatic heterocycles. The fourth-order valence-corrected chi connectivity index (χ4v) is 2.02. The molecule has 0 aliphatic carbocycles. The molecule has 0 amide bonds. The van der Waals surface area contributed by atoms with Gasteiger partial charge >= 0.3 is 0 Å². The third kappa shape index (κ3) is 3.63. The van der Waals surface area contributed by atoms with E-state index in [2.05, 4.69) is 28.5 Å². The van der Waals surface area contributed by atoms with Crippen molar-refractivity contribution in [2.24, 2.45) is 0 Å². The Balaban J connectivity index is 1.54. The Hall–Kier alpha value is -2.82. The molecule has 112 valence electrons. The predicted octanol–water partition coefficient (Wildman–Crippen LogP) is 3.57. The molecule has 1 aromatic heterocycles. The number of ether oxygens (including phenoxy) is 1. The maximum atomic E-state index is 5.57. The molecular formula is C17H17N3O2. The topological polar surface area (TPSA) is 60.2 Å². The van der Waals surface area contributed by atoms with Crippen LogP contribution in [0.25, 0.3) is 0 Å². The minimum absolute atomic E-state index is 0.265. The van der Waals surface area contributed by atoms with Crippen molar-refractivity contribution in [3.63, 3.8) is 0 Å². The van der Waals surface area contributed by atoms with Crippen LogP contribution in [0.1, 0.15) is 17.3 Å². The average molecular weight is 295 g/mol. The number of benzene rings is 2. The molecular weight excluding hydrogens is 278 g/mol. The van der Waals surface area contributed by atoms with E-state index in [1.165, 1.54) is 5.56 Å². The van der Waals surface area contributed by atoms with Gasteiger partial charge in [-0.25, -0.2) is 0 Å². The zero-order valence-electron chi connectivity index (χ0n) is 12.3. The molecule has 1 heterocycles. The number of aryl methyl sites for hydroxylation is 1. The molecule has 3 rings (SSSR count). The van der Waals surface area contributed by atoms with E-state index in [0.29, 0.717) is 18.3 Å². The molecule has 5 nitrogen and oxygen atoms in total. The maximum absolute atomic E-state index is 5.57. The highest BCUT2D eigenvalue weighted by Crippen LogP contribution is 2.15. The van der Waals surface area contributed by atoms with Gasteiger partial charge in [-0.1, -0.05) is 36.4 Å². The highest BCUT2D eigenvalue weighted by molar-refractivity contribution is 5.50. The van der Waals surface area contributed by atoms with Crippen LogP contribution in [0, 0.1) is 6.92 Å². The highest BCUT2D eigenvalue weighted by atomic mass is 16.5. The van der Waals surface area contributed by atoms with Gasteiger partial charge in [0.05, 0.1) is 6.54 Å². The van der Waals surface area contributed by atoms with Crippen molar-refractivity contribution in [2.45, 2.75) is 20.1 Å². The highest BCUT2D eigenvalue weighted by Gasteiger charge is 2.07. The van der Waals surface area contributed by atoms with Gasteiger partial charge in [-0.05, 0) is 30.7 Å². The van der Waals surface area contributed by atoms with Crippen LogP contribution < -0.4 is 10.1 Å². The van der Waals surface area contributed by atoms with Crippen LogP contribution in [0.2, 0.25) is 0 Å². The molecule has 0 spiro atoms. The Morgan fingerprint density at radius 2 is 1.68 bits per heavy atom. The third-order valence-corrected chi connectivity index (χ3v) is 3.19. The largest absolute Gasteiger partial charge is 0.484 e. The molecule has 0 saturated heterocycles. The maximum Gasteiger partial charge on any atom is 0.253 e. The quantitative estimate of drug-likeness (QED) is 0.753. The van der Waals surface area contributed by atoms with Gasteiger partial charge in [0.25, 0.3) is 5.89 Å². The van der Waals surface area contributed by atoms with Crippen molar-refractivity contribution in [3.8, 4) is 5.75 Å². The summed E-state index contributed by atoms with van der Waals surface area (Å²) in [5, 5.41) is 11.3. The van der Waals surface area contributed by atoms with Gasteiger partial charge in [0, 0.05) is 5.69 Å². The molecule has 0 saturated carbocycles. The summed E-state index contributed by atoms with van der Waals surface area (Å²) >= 11 is 0. The first-order valence-electron chi connectivity index (χ1n) is 7.10. The van der Waals surface area contributed by atoms with E-state index in [9.17, 15) is 0 Å². The first-order valence-corrected chi connectivity index (χ1v) is 7.10. The molecule has 0 atom stereocenters. The van der Waals surface area contributed by atoms with Crippen molar-refractivity contribution < 1.29 is 9.15 Å². The second kappa shape index (κ2) is 6.76. The lowest BCUT2D eigenvalue weighted by atomic mass is 10.2. The fraction of sp³-hybridized carbons (Fsp3) is 0.176. The zero-order chi connectivity index (χ0) is 15.2. The summed E-state index contributed by atoms with van der Waals surface area (Å²) in [5.74, 6) is 1.78. The molecule has 0 aliphatic rings. The van der Waals surface area contributed by atoms with Gasteiger partial charge in [0.1, 0.15) is 5.75 Å². The average Bonchev–Trinajstić information content (AvgIpc) is 3.01. The van der Waals surface area contributed by atoms with E-state index in [1.807, 2.05) is 48.5 Å². The molecule has 0 fully saturated rings. The van der Waals surface area contributed by atoms with Crippen molar-refractivity contribution in [1.82, 2.24) is 10.2 Å². The van der Waals surface area contributed by atoms with Gasteiger partial charge in [-0.3, -0.25) is 0 Å². The monoisotopic (exact) mass is 295 g/mol. The van der Waals surface area contributed by atoms with Crippen LogP contribution in [0.5, 0.6) is 5.75 Å². The number of aromatic nitrogens is 2. The second-order valence-electron chi connectivity index (χ2n) is 4.86. The lowest BCUT2D eigenvalue weighted by Crippen LogP contribution is -2.01. The summed E-state index contributed by atoms with van der Waals surface area (Å²) in [6.45, 7) is 2.81. The summed E-state index contributed by atoms with van der Waals surface area (Å²) in [4.78, 5) is 0. The third-order valence-electron chi connectivity index (χ3n) is 3.19. The minimum Gasteiger partial charge on any atom is -0.484 e. The van der Waals surface area contributed by atoms with E-state index < -0.39 is 0 Å². The molecule has 22 heavy (non-hydrogen) atoms. The smallest absolute Gasteiger partial charge is 0.253 e. The van der Waals surface area contributed by atoms with Crippen LogP contribution in [0.4, 0.5) is 5.69 Å². The Labute approximate surface area is 129 Å². The lowest BCUT2D eigenvalue weighted by molar-refractivity contribution is 0.259. The van der Waals surface area contributed by atoms with Gasteiger partial charge in [-0.15, -0.1) is 10.2 Å². The van der Waals surface area contributed by atoms with Crippen LogP contribution in [-0.4, -0.2) is 10.2 Å². The van der Waals surface area contributed by atoms with Crippen molar-refractivity contribution >= 4 is 5.69 Å². The van der Waals surface area contributed by atoms with E-state index in [0.717, 1.165) is 11.4 Å². The van der Waals surface area contributed by atoms with Crippen LogP contribution in [0.15, 0.2) is 59.0 Å². The minimum atomic E-state index is 0.265. The molecule has 0 radical (unpaired) electrons. The van der Waals surface area contributed by atoms with Crippen molar-refractivity contribution in [1.29, 1.82) is 0 Å². The predicted molar refractivity (Wildman–Crippen MR) is 83.6 cm³/mol. The molecule has 2 aromatic carbocycles. The number of nitrogens with one attached hydrogen (secondary N) is 1. The Morgan fingerprint density at radius 1 is 0.955 bits per heavy atom. The van der Waals surface area contributed by atoms with Gasteiger partial charge in [-0.2, -0.15) is 0 Å². The Bertz CT molecular complexity index is 726. The summed E-state index contributed by atoms with van der Waals surface area (Å²) in [5.41, 5.74) is 2.23. The molecule has 0 bridgehead atoms. The standard InChI is InChI=1S/C17H17N3O2/c1-13-7-5-6-10-15(13)18-11-16-19-20-17(22-16)12-21-14-8-3-2-4-9-14/h2-10,18H,11-12H2,1H3. The summed E-state index contributed by atoms with van der Waals surface area (Å²) in [6.07, 6.45) is 0. The van der Waals surface area contributed by atoms with Gasteiger partial charge in [0.15, 0.2) is 6.61 Å². The van der Waals surface area contributed by atoms with E-state index >= 15 is 0 Å². The zero-order valence-corrected chi connectivity index (χ0v) is 12.3. The van der Waals surface area contributed by atoms with Crippen molar-refractivity contribution in [2.75, 3.05) is 5.32 Å². The number of nitrogens with zero attached hydrogens (tertiary/aromatic N) is 2. The second-order valence-corrected chi connectivity index (χ2v) is 4.86. The van der Waals surface area contributed by atoms with E-state index in [-0.39, 0.29) is 6.61 Å². The van der Waals surface area contributed by atoms with Crippen LogP contribution >= 0.6 is 0 Å². The number of para-hydroxylation sites is 2. The Morgan fingerprint density at radius 3 is 2.50 bits per heavy atom. The van der Waals surface area contributed by atoms with Crippen LogP contribution in [0.3, 0.4) is 0 Å². The van der Waals surface area contributed by atoms with E-state index in [4.69, 9.17) is 9.15 Å². The summed E-state index contributed by atoms with van der Waals surface area (Å²) in [6, 6.07) is 17.6.